The van der Waals surface area contributed by atoms with Gasteiger partial charge in [0.15, 0.2) is 9.84 Å². The summed E-state index contributed by atoms with van der Waals surface area (Å²) in [5.74, 6) is 0.497. The van der Waals surface area contributed by atoms with Crippen LogP contribution in [0.15, 0.2) is 17.0 Å². The van der Waals surface area contributed by atoms with Crippen molar-refractivity contribution in [2.75, 3.05) is 13.1 Å². The summed E-state index contributed by atoms with van der Waals surface area (Å²) in [6, 6.07) is 4.19. The Hall–Kier alpha value is -1.40. The molecule has 0 radical (unpaired) electrons. The van der Waals surface area contributed by atoms with E-state index in [1.807, 2.05) is 0 Å². The summed E-state index contributed by atoms with van der Waals surface area (Å²) in [5.41, 5.74) is 8.53. The maximum absolute atomic E-state index is 13.9. The highest BCUT2D eigenvalue weighted by Gasteiger charge is 2.37. The van der Waals surface area contributed by atoms with Gasteiger partial charge in [-0.1, -0.05) is 53.7 Å². The van der Waals surface area contributed by atoms with E-state index in [0.29, 0.717) is 49.6 Å². The van der Waals surface area contributed by atoms with E-state index >= 15 is 0 Å². The number of nitrogens with two attached hydrogens (primary N) is 1. The number of hydrogen-bond donors (Lipinski definition) is 2. The van der Waals surface area contributed by atoms with E-state index in [0.717, 1.165) is 11.1 Å². The van der Waals surface area contributed by atoms with Gasteiger partial charge in [0.1, 0.15) is 0 Å². The number of benzene rings is 1. The second-order valence-corrected chi connectivity index (χ2v) is 11.8. The van der Waals surface area contributed by atoms with Crippen LogP contribution in [0, 0.1) is 5.92 Å². The fourth-order valence-corrected chi connectivity index (χ4v) is 6.83. The Morgan fingerprint density at radius 1 is 0.967 bits per heavy atom. The molecule has 170 valence electrons. The van der Waals surface area contributed by atoms with Crippen LogP contribution < -0.4 is 11.1 Å². The number of carbonyl (C=O) groups excluding carboxylic acids is 1. The highest BCUT2D eigenvalue weighted by Crippen LogP contribution is 2.40. The maximum Gasteiger partial charge on any atom is 0.223 e. The molecular formula is C24H40N2O3S. The molecule has 0 unspecified atom stereocenters. The van der Waals surface area contributed by atoms with Gasteiger partial charge in [0.05, 0.1) is 10.1 Å². The van der Waals surface area contributed by atoms with Crippen molar-refractivity contribution in [3.8, 4) is 0 Å². The minimum absolute atomic E-state index is 0.00308. The summed E-state index contributed by atoms with van der Waals surface area (Å²) >= 11 is 0. The lowest BCUT2D eigenvalue weighted by atomic mass is 9.88. The SMILES string of the molecule is CC(C)c1cc(C(C)C)c(S(=O)(=O)C2CCC(C(=O)NCCN)CC2)c(C(C)C)c1. The first kappa shape index (κ1) is 24.9. The van der Waals surface area contributed by atoms with E-state index < -0.39 is 15.1 Å². The molecule has 0 heterocycles. The first-order chi connectivity index (χ1) is 14.0. The lowest BCUT2D eigenvalue weighted by Gasteiger charge is -2.30. The summed E-state index contributed by atoms with van der Waals surface area (Å²) in [5, 5.41) is 2.42. The molecule has 6 heteroatoms. The van der Waals surface area contributed by atoms with Crippen LogP contribution in [-0.4, -0.2) is 32.7 Å². The Morgan fingerprint density at radius 3 is 1.87 bits per heavy atom. The van der Waals surface area contributed by atoms with Crippen molar-refractivity contribution >= 4 is 15.7 Å². The zero-order valence-corrected chi connectivity index (χ0v) is 20.3. The molecule has 0 spiro atoms. The molecule has 0 saturated heterocycles. The number of carbonyl (C=O) groups is 1. The Balaban J connectivity index is 2.39. The van der Waals surface area contributed by atoms with Gasteiger partial charge in [-0.05, 0) is 60.1 Å². The van der Waals surface area contributed by atoms with Crippen LogP contribution in [0.4, 0.5) is 0 Å². The smallest absolute Gasteiger partial charge is 0.223 e. The molecule has 1 aromatic rings. The molecule has 1 aliphatic rings. The molecule has 3 N–H and O–H groups in total. The standard InChI is InChI=1S/C24H40N2O3S/c1-15(2)19-13-21(16(3)4)23(22(14-19)17(5)6)30(28,29)20-9-7-18(8-10-20)24(27)26-12-11-25/h13-18,20H,7-12,25H2,1-6H3,(H,26,27). The number of sulfone groups is 1. The van der Waals surface area contributed by atoms with Crippen molar-refractivity contribution in [1.82, 2.24) is 5.32 Å². The van der Waals surface area contributed by atoms with E-state index in [4.69, 9.17) is 5.73 Å². The average molecular weight is 437 g/mol. The predicted octanol–water partition coefficient (Wildman–Crippen LogP) is 4.46. The van der Waals surface area contributed by atoms with Crippen LogP contribution in [-0.2, 0) is 14.6 Å². The topological polar surface area (TPSA) is 89.3 Å². The number of rotatable bonds is 8. The number of amides is 1. The molecule has 0 bridgehead atoms. The van der Waals surface area contributed by atoms with Crippen LogP contribution >= 0.6 is 0 Å². The summed E-state index contributed by atoms with van der Waals surface area (Å²) in [6.45, 7) is 13.5. The summed E-state index contributed by atoms with van der Waals surface area (Å²) in [6.07, 6.45) is 2.28. The molecular weight excluding hydrogens is 396 g/mol. The molecule has 0 aromatic heterocycles. The number of nitrogens with one attached hydrogen (secondary N) is 1. The second kappa shape index (κ2) is 10.3. The monoisotopic (exact) mass is 436 g/mol. The summed E-state index contributed by atoms with van der Waals surface area (Å²) in [4.78, 5) is 12.8. The van der Waals surface area contributed by atoms with Gasteiger partial charge >= 0.3 is 0 Å². The third-order valence-electron chi connectivity index (χ3n) is 6.29. The quantitative estimate of drug-likeness (QED) is 0.629. The molecule has 0 atom stereocenters. The highest BCUT2D eigenvalue weighted by atomic mass is 32.2. The third-order valence-corrected chi connectivity index (χ3v) is 8.68. The molecule has 0 aliphatic heterocycles. The van der Waals surface area contributed by atoms with E-state index in [9.17, 15) is 13.2 Å². The normalized spacial score (nSPS) is 20.2. The van der Waals surface area contributed by atoms with Crippen molar-refractivity contribution in [2.45, 2.75) is 95.1 Å². The van der Waals surface area contributed by atoms with Crippen molar-refractivity contribution in [3.63, 3.8) is 0 Å². The summed E-state index contributed by atoms with van der Waals surface area (Å²) in [7, 11) is -3.47. The predicted molar refractivity (Wildman–Crippen MR) is 124 cm³/mol. The molecule has 1 aromatic carbocycles. The van der Waals surface area contributed by atoms with Gasteiger partial charge in [0.2, 0.25) is 5.91 Å². The van der Waals surface area contributed by atoms with Crippen molar-refractivity contribution < 1.29 is 13.2 Å². The largest absolute Gasteiger partial charge is 0.355 e. The van der Waals surface area contributed by atoms with Crippen molar-refractivity contribution in [1.29, 1.82) is 0 Å². The minimum Gasteiger partial charge on any atom is -0.355 e. The maximum atomic E-state index is 13.9. The molecule has 5 nitrogen and oxygen atoms in total. The van der Waals surface area contributed by atoms with Gasteiger partial charge in [-0.25, -0.2) is 8.42 Å². The van der Waals surface area contributed by atoms with Crippen LogP contribution in [0.3, 0.4) is 0 Å². The Labute approximate surface area is 183 Å². The first-order valence-electron chi connectivity index (χ1n) is 11.4. The van der Waals surface area contributed by atoms with Crippen LogP contribution in [0.1, 0.15) is 102 Å². The fourth-order valence-electron chi connectivity index (χ4n) is 4.36. The van der Waals surface area contributed by atoms with Crippen LogP contribution in [0.5, 0.6) is 0 Å². The van der Waals surface area contributed by atoms with Gasteiger partial charge in [0, 0.05) is 19.0 Å². The Morgan fingerprint density at radius 2 is 1.47 bits per heavy atom. The molecule has 1 aliphatic carbocycles. The molecule has 1 saturated carbocycles. The fraction of sp³-hybridized carbons (Fsp3) is 0.708. The highest BCUT2D eigenvalue weighted by molar-refractivity contribution is 7.92. The van der Waals surface area contributed by atoms with Gasteiger partial charge in [-0.15, -0.1) is 0 Å². The van der Waals surface area contributed by atoms with Gasteiger partial charge in [0.25, 0.3) is 0 Å². The third kappa shape index (κ3) is 5.44. The zero-order chi connectivity index (χ0) is 22.6. The Bertz CT molecular complexity index is 807. The second-order valence-electron chi connectivity index (χ2n) is 9.59. The van der Waals surface area contributed by atoms with Gasteiger partial charge in [-0.3, -0.25) is 4.79 Å². The molecule has 1 amide bonds. The van der Waals surface area contributed by atoms with Crippen LogP contribution in [0.25, 0.3) is 0 Å². The van der Waals surface area contributed by atoms with E-state index in [1.165, 1.54) is 5.56 Å². The van der Waals surface area contributed by atoms with Crippen LogP contribution in [0.2, 0.25) is 0 Å². The van der Waals surface area contributed by atoms with Crippen molar-refractivity contribution in [2.24, 2.45) is 11.7 Å². The Kier molecular flexibility index (Phi) is 8.51. The van der Waals surface area contributed by atoms with E-state index in [2.05, 4.69) is 59.0 Å². The average Bonchev–Trinajstić information content (AvgIpc) is 2.70. The molecule has 2 rings (SSSR count). The van der Waals surface area contributed by atoms with Gasteiger partial charge < -0.3 is 11.1 Å². The molecule has 30 heavy (non-hydrogen) atoms. The van der Waals surface area contributed by atoms with Crippen molar-refractivity contribution in [3.05, 3.63) is 28.8 Å². The van der Waals surface area contributed by atoms with E-state index in [1.54, 1.807) is 0 Å². The minimum atomic E-state index is -3.47. The number of hydrogen-bond acceptors (Lipinski definition) is 4. The molecule has 1 fully saturated rings. The van der Waals surface area contributed by atoms with Gasteiger partial charge in [-0.2, -0.15) is 0 Å². The first-order valence-corrected chi connectivity index (χ1v) is 12.9. The van der Waals surface area contributed by atoms with E-state index in [-0.39, 0.29) is 23.7 Å². The zero-order valence-electron chi connectivity index (χ0n) is 19.5. The lowest BCUT2D eigenvalue weighted by Crippen LogP contribution is -2.38. The lowest BCUT2D eigenvalue weighted by molar-refractivity contribution is -0.125. The summed E-state index contributed by atoms with van der Waals surface area (Å²) < 4.78 is 27.7.